The second-order valence-electron chi connectivity index (χ2n) is 5.76. The van der Waals surface area contributed by atoms with Gasteiger partial charge >= 0.3 is 5.97 Å². The van der Waals surface area contributed by atoms with Crippen LogP contribution in [0, 0.1) is 11.3 Å². The monoisotopic (exact) mass is 398 g/mol. The Kier molecular flexibility index (Phi) is 8.40. The van der Waals surface area contributed by atoms with Gasteiger partial charge in [-0.15, -0.1) is 5.10 Å². The van der Waals surface area contributed by atoms with Crippen molar-refractivity contribution in [2.75, 3.05) is 19.7 Å². The fraction of sp³-hybridized carbons (Fsp3) is 0.389. The van der Waals surface area contributed by atoms with Crippen LogP contribution in [0.4, 0.5) is 0 Å². The summed E-state index contributed by atoms with van der Waals surface area (Å²) in [6, 6.07) is 6.49. The topological polar surface area (TPSA) is 148 Å². The molecule has 11 heteroatoms. The molecule has 29 heavy (non-hydrogen) atoms. The Morgan fingerprint density at radius 1 is 1.41 bits per heavy atom. The molecule has 0 saturated heterocycles. The average molecular weight is 398 g/mol. The molecule has 1 amide bonds. The lowest BCUT2D eigenvalue weighted by molar-refractivity contribution is -0.143. The minimum Gasteiger partial charge on any atom is -0.466 e. The summed E-state index contributed by atoms with van der Waals surface area (Å²) in [6.07, 6.45) is 1.30. The van der Waals surface area contributed by atoms with Gasteiger partial charge in [-0.2, -0.15) is 5.26 Å². The Morgan fingerprint density at radius 2 is 2.24 bits per heavy atom. The molecular weight excluding hydrogens is 376 g/mol. The van der Waals surface area contributed by atoms with Gasteiger partial charge < -0.3 is 15.4 Å². The normalized spacial score (nSPS) is 11.3. The first-order valence-electron chi connectivity index (χ1n) is 9.01. The Morgan fingerprint density at radius 3 is 2.97 bits per heavy atom. The zero-order valence-corrected chi connectivity index (χ0v) is 16.0. The van der Waals surface area contributed by atoms with E-state index in [0.29, 0.717) is 31.2 Å². The maximum atomic E-state index is 11.7. The van der Waals surface area contributed by atoms with Crippen molar-refractivity contribution in [3.63, 3.8) is 0 Å². The number of aryl methyl sites for hydroxylation is 1. The van der Waals surface area contributed by atoms with E-state index in [2.05, 4.69) is 37.7 Å². The molecule has 2 heterocycles. The number of hydrogen-bond acceptors (Lipinski definition) is 9. The SMILES string of the molecule is C=CC(=O)NCCNC(c1cccc(C#N)n1)c1nnnn1CCC(=O)OCC. The molecule has 1 atom stereocenters. The van der Waals surface area contributed by atoms with E-state index in [0.717, 1.165) is 0 Å². The summed E-state index contributed by atoms with van der Waals surface area (Å²) in [4.78, 5) is 27.3. The largest absolute Gasteiger partial charge is 0.466 e. The quantitative estimate of drug-likeness (QED) is 0.300. The van der Waals surface area contributed by atoms with Crippen LogP contribution in [0.15, 0.2) is 30.9 Å². The van der Waals surface area contributed by atoms with Gasteiger partial charge in [0, 0.05) is 13.1 Å². The number of tetrazole rings is 1. The number of carbonyl (C=O) groups is 2. The third-order valence-corrected chi connectivity index (χ3v) is 3.79. The molecule has 1 unspecified atom stereocenters. The number of pyridine rings is 1. The first-order valence-corrected chi connectivity index (χ1v) is 9.01. The number of nitriles is 1. The van der Waals surface area contributed by atoms with Crippen LogP contribution in [-0.4, -0.2) is 56.8 Å². The van der Waals surface area contributed by atoms with Crippen molar-refractivity contribution in [3.05, 3.63) is 48.1 Å². The van der Waals surface area contributed by atoms with Crippen molar-refractivity contribution >= 4 is 11.9 Å². The van der Waals surface area contributed by atoms with Gasteiger partial charge in [0.25, 0.3) is 0 Å². The molecule has 2 aromatic rings. The fourth-order valence-corrected chi connectivity index (χ4v) is 2.48. The van der Waals surface area contributed by atoms with Crippen LogP contribution in [-0.2, 0) is 20.9 Å². The van der Waals surface area contributed by atoms with E-state index in [9.17, 15) is 9.59 Å². The lowest BCUT2D eigenvalue weighted by Crippen LogP contribution is -2.34. The Hall–Kier alpha value is -3.65. The molecule has 0 bridgehead atoms. The van der Waals surface area contributed by atoms with Gasteiger partial charge in [-0.25, -0.2) is 9.67 Å². The van der Waals surface area contributed by atoms with Gasteiger partial charge in [-0.05, 0) is 35.6 Å². The molecule has 152 valence electrons. The number of nitrogens with one attached hydrogen (secondary N) is 2. The van der Waals surface area contributed by atoms with E-state index in [1.807, 2.05) is 6.07 Å². The Labute approximate surface area is 167 Å². The van der Waals surface area contributed by atoms with Crippen LogP contribution < -0.4 is 10.6 Å². The predicted octanol–water partition coefficient (Wildman–Crippen LogP) is -0.126. The van der Waals surface area contributed by atoms with Crippen LogP contribution >= 0.6 is 0 Å². The van der Waals surface area contributed by atoms with Crippen molar-refractivity contribution in [1.82, 2.24) is 35.8 Å². The molecule has 2 aromatic heterocycles. The molecule has 0 saturated carbocycles. The zero-order valence-electron chi connectivity index (χ0n) is 16.0. The lowest BCUT2D eigenvalue weighted by Gasteiger charge is -2.18. The molecule has 2 rings (SSSR count). The predicted molar refractivity (Wildman–Crippen MR) is 101 cm³/mol. The van der Waals surface area contributed by atoms with E-state index in [-0.39, 0.29) is 30.5 Å². The molecular formula is C18H22N8O3. The van der Waals surface area contributed by atoms with Crippen LogP contribution in [0.25, 0.3) is 0 Å². The number of ether oxygens (including phenoxy) is 1. The summed E-state index contributed by atoms with van der Waals surface area (Å²) >= 11 is 0. The molecule has 2 N–H and O–H groups in total. The zero-order chi connectivity index (χ0) is 21.1. The van der Waals surface area contributed by atoms with E-state index in [1.54, 1.807) is 25.1 Å². The highest BCUT2D eigenvalue weighted by atomic mass is 16.5. The summed E-state index contributed by atoms with van der Waals surface area (Å²) in [5.74, 6) is -0.214. The number of nitrogens with zero attached hydrogens (tertiary/aromatic N) is 6. The summed E-state index contributed by atoms with van der Waals surface area (Å²) in [5, 5.41) is 26.7. The van der Waals surface area contributed by atoms with Gasteiger partial charge in [0.05, 0.1) is 25.3 Å². The summed E-state index contributed by atoms with van der Waals surface area (Å²) in [7, 11) is 0. The first-order chi connectivity index (χ1) is 14.1. The molecule has 0 aliphatic rings. The average Bonchev–Trinajstić information content (AvgIpc) is 3.20. The number of rotatable bonds is 11. The third kappa shape index (κ3) is 6.47. The van der Waals surface area contributed by atoms with Gasteiger partial charge in [-0.1, -0.05) is 12.6 Å². The van der Waals surface area contributed by atoms with Crippen molar-refractivity contribution < 1.29 is 14.3 Å². The Balaban J connectivity index is 2.20. The van der Waals surface area contributed by atoms with E-state index < -0.39 is 6.04 Å². The second kappa shape index (κ2) is 11.3. The summed E-state index contributed by atoms with van der Waals surface area (Å²) in [5.41, 5.74) is 0.783. The van der Waals surface area contributed by atoms with E-state index in [1.165, 1.54) is 10.8 Å². The molecule has 0 fully saturated rings. The molecule has 0 spiro atoms. The van der Waals surface area contributed by atoms with E-state index >= 15 is 0 Å². The minimum atomic E-state index is -0.555. The van der Waals surface area contributed by atoms with Crippen LogP contribution in [0.1, 0.15) is 36.6 Å². The minimum absolute atomic E-state index is 0.111. The lowest BCUT2D eigenvalue weighted by atomic mass is 10.1. The van der Waals surface area contributed by atoms with E-state index in [4.69, 9.17) is 10.00 Å². The van der Waals surface area contributed by atoms with Gasteiger partial charge in [0.1, 0.15) is 17.8 Å². The summed E-state index contributed by atoms with van der Waals surface area (Å²) in [6.45, 7) is 6.38. The number of amides is 1. The number of hydrogen-bond donors (Lipinski definition) is 2. The smallest absolute Gasteiger partial charge is 0.307 e. The third-order valence-electron chi connectivity index (χ3n) is 3.79. The molecule has 11 nitrogen and oxygen atoms in total. The Bertz CT molecular complexity index is 889. The van der Waals surface area contributed by atoms with Crippen molar-refractivity contribution in [1.29, 1.82) is 5.26 Å². The molecule has 0 aromatic carbocycles. The van der Waals surface area contributed by atoms with Crippen LogP contribution in [0.5, 0.6) is 0 Å². The highest BCUT2D eigenvalue weighted by Crippen LogP contribution is 2.18. The number of carbonyl (C=O) groups excluding carboxylic acids is 2. The van der Waals surface area contributed by atoms with Crippen molar-refractivity contribution in [2.45, 2.75) is 25.9 Å². The highest BCUT2D eigenvalue weighted by Gasteiger charge is 2.23. The molecule has 0 aliphatic carbocycles. The maximum Gasteiger partial charge on any atom is 0.307 e. The summed E-state index contributed by atoms with van der Waals surface area (Å²) < 4.78 is 6.42. The van der Waals surface area contributed by atoms with Crippen molar-refractivity contribution in [3.8, 4) is 6.07 Å². The molecule has 0 radical (unpaired) electrons. The van der Waals surface area contributed by atoms with Gasteiger partial charge in [-0.3, -0.25) is 9.59 Å². The second-order valence-corrected chi connectivity index (χ2v) is 5.76. The highest BCUT2D eigenvalue weighted by molar-refractivity contribution is 5.86. The fourth-order valence-electron chi connectivity index (χ4n) is 2.48. The number of esters is 1. The molecule has 0 aliphatic heterocycles. The van der Waals surface area contributed by atoms with Crippen LogP contribution in [0.3, 0.4) is 0 Å². The van der Waals surface area contributed by atoms with Gasteiger partial charge in [0.2, 0.25) is 5.91 Å². The number of aromatic nitrogens is 5. The first kappa shape index (κ1) is 21.6. The maximum absolute atomic E-state index is 11.7. The van der Waals surface area contributed by atoms with Crippen LogP contribution in [0.2, 0.25) is 0 Å². The standard InChI is InChI=1S/C18H22N8O3/c1-3-15(27)20-9-10-21-17(14-7-5-6-13(12-19)22-14)18-23-24-25-26(18)11-8-16(28)29-4-2/h3,5-7,17,21H,1,4,8-11H2,2H3,(H,20,27). The van der Waals surface area contributed by atoms with Crippen molar-refractivity contribution in [2.24, 2.45) is 0 Å². The van der Waals surface area contributed by atoms with Gasteiger partial charge in [0.15, 0.2) is 5.82 Å².